The normalized spacial score (nSPS) is 22.3. The highest BCUT2D eigenvalue weighted by Gasteiger charge is 2.44. The van der Waals surface area contributed by atoms with Crippen LogP contribution in [0.4, 0.5) is 5.82 Å². The number of carbonyl (C=O) groups is 1. The van der Waals surface area contributed by atoms with Crippen LogP contribution in [0.25, 0.3) is 0 Å². The molecule has 1 aliphatic carbocycles. The highest BCUT2D eigenvalue weighted by atomic mass is 79.9. The number of hydrogen-bond donors (Lipinski definition) is 4. The second-order valence-electron chi connectivity index (χ2n) is 7.72. The lowest BCUT2D eigenvalue weighted by Crippen LogP contribution is -2.38. The second-order valence-corrected chi connectivity index (χ2v) is 10.0. The third-order valence-electron chi connectivity index (χ3n) is 5.38. The van der Waals surface area contributed by atoms with Gasteiger partial charge in [0.05, 0.1) is 23.8 Å². The summed E-state index contributed by atoms with van der Waals surface area (Å²) in [6, 6.07) is 6.20. The molecule has 3 aromatic rings. The Morgan fingerprint density at radius 2 is 2.09 bits per heavy atom. The number of aliphatic hydroxyl groups excluding tert-OH is 2. The van der Waals surface area contributed by atoms with Crippen LogP contribution in [0.5, 0.6) is 0 Å². The molecule has 0 saturated heterocycles. The van der Waals surface area contributed by atoms with Gasteiger partial charge in [-0.05, 0) is 34.1 Å². The number of nitrogens with one attached hydrogen (secondary N) is 2. The van der Waals surface area contributed by atoms with E-state index in [2.05, 4.69) is 41.3 Å². The molecule has 4 rings (SSSR count). The van der Waals surface area contributed by atoms with Gasteiger partial charge in [0.15, 0.2) is 0 Å². The third-order valence-corrected chi connectivity index (χ3v) is 6.82. The zero-order valence-electron chi connectivity index (χ0n) is 18.3. The number of rotatable bonds is 9. The van der Waals surface area contributed by atoms with E-state index < -0.39 is 40.4 Å². The fourth-order valence-electron chi connectivity index (χ4n) is 3.64. The van der Waals surface area contributed by atoms with Gasteiger partial charge in [-0.15, -0.1) is 0 Å². The van der Waals surface area contributed by atoms with E-state index in [1.807, 2.05) is 16.9 Å². The Hall–Kier alpha value is -2.82. The van der Waals surface area contributed by atoms with E-state index in [1.54, 1.807) is 23.0 Å². The van der Waals surface area contributed by atoms with E-state index in [0.717, 1.165) is 12.7 Å². The predicted molar refractivity (Wildman–Crippen MR) is 126 cm³/mol. The molecule has 0 aliphatic heterocycles. The Balaban J connectivity index is 1.50. The zero-order chi connectivity index (χ0) is 25.2. The van der Waals surface area contributed by atoms with Crippen molar-refractivity contribution in [3.05, 3.63) is 64.5 Å². The topological polar surface area (TPSA) is 181 Å². The first-order valence-electron chi connectivity index (χ1n) is 10.4. The van der Waals surface area contributed by atoms with Gasteiger partial charge in [0.2, 0.25) is 5.78 Å². The van der Waals surface area contributed by atoms with E-state index in [1.165, 1.54) is 12.5 Å². The highest BCUT2D eigenvalue weighted by Crippen LogP contribution is 2.28. The van der Waals surface area contributed by atoms with Gasteiger partial charge in [0.1, 0.15) is 40.8 Å². The van der Waals surface area contributed by atoms with Gasteiger partial charge in [0, 0.05) is 25.9 Å². The van der Waals surface area contributed by atoms with Gasteiger partial charge >= 0.3 is 10.3 Å². The lowest BCUT2D eigenvalue weighted by molar-refractivity contribution is -0.00882. The molecule has 3 aromatic heterocycles. The van der Waals surface area contributed by atoms with Crippen LogP contribution < -0.4 is 10.0 Å². The maximum atomic E-state index is 13.2. The van der Waals surface area contributed by atoms with Crippen molar-refractivity contribution in [3.63, 3.8) is 0 Å². The van der Waals surface area contributed by atoms with E-state index >= 15 is 0 Å². The lowest BCUT2D eigenvalue weighted by atomic mass is 10.1. The summed E-state index contributed by atoms with van der Waals surface area (Å²) in [6.07, 6.45) is 0.0739. The summed E-state index contributed by atoms with van der Waals surface area (Å²) >= 11 is 3.32. The number of carbonyl (C=O) groups excluding carboxylic acids is 1. The van der Waals surface area contributed by atoms with E-state index in [-0.39, 0.29) is 23.5 Å². The maximum Gasteiger partial charge on any atom is 0.335 e. The molecule has 35 heavy (non-hydrogen) atoms. The molecular weight excluding hydrogens is 546 g/mol. The summed E-state index contributed by atoms with van der Waals surface area (Å²) in [5, 5.41) is 27.9. The average Bonchev–Trinajstić information content (AvgIpc) is 3.39. The van der Waals surface area contributed by atoms with Gasteiger partial charge in [-0.3, -0.25) is 13.7 Å². The minimum atomic E-state index is -4.08. The first-order valence-corrected chi connectivity index (χ1v) is 12.6. The molecule has 0 amide bonds. The molecule has 186 valence electrons. The molecule has 15 heteroatoms. The third kappa shape index (κ3) is 5.88. The molecule has 13 nitrogen and oxygen atoms in total. The molecule has 0 radical (unpaired) electrons. The summed E-state index contributed by atoms with van der Waals surface area (Å²) in [7, 11) is -2.92. The van der Waals surface area contributed by atoms with Crippen molar-refractivity contribution < 1.29 is 27.6 Å². The van der Waals surface area contributed by atoms with Crippen molar-refractivity contribution in [2.45, 2.75) is 37.3 Å². The minimum absolute atomic E-state index is 0.0604. The van der Waals surface area contributed by atoms with Crippen LogP contribution in [0.15, 0.2) is 47.6 Å². The number of anilines is 1. The molecule has 1 saturated carbocycles. The van der Waals surface area contributed by atoms with Crippen molar-refractivity contribution >= 4 is 37.8 Å². The van der Waals surface area contributed by atoms with Crippen molar-refractivity contribution in [3.8, 4) is 0 Å². The first kappa shape index (κ1) is 25.3. The van der Waals surface area contributed by atoms with Crippen molar-refractivity contribution in [2.75, 3.05) is 12.4 Å². The fraction of sp³-hybridized carbons (Fsp3) is 0.350. The van der Waals surface area contributed by atoms with Gasteiger partial charge in [-0.25, -0.2) is 15.0 Å². The largest absolute Gasteiger partial charge is 0.388 e. The number of hydrogen-bond acceptors (Lipinski definition) is 11. The van der Waals surface area contributed by atoms with Crippen LogP contribution in [0.1, 0.15) is 28.2 Å². The van der Waals surface area contributed by atoms with Gasteiger partial charge in [-0.1, -0.05) is 6.07 Å². The van der Waals surface area contributed by atoms with Gasteiger partial charge in [-0.2, -0.15) is 18.2 Å². The minimum Gasteiger partial charge on any atom is -0.388 e. The summed E-state index contributed by atoms with van der Waals surface area (Å²) in [5.41, 5.74) is 0.983. The number of aliphatic hydroxyl groups is 2. The Morgan fingerprint density at radius 1 is 1.29 bits per heavy atom. The first-order chi connectivity index (χ1) is 16.7. The van der Waals surface area contributed by atoms with Crippen LogP contribution >= 0.6 is 15.9 Å². The Bertz CT molecular complexity index is 1320. The number of ketones is 1. The van der Waals surface area contributed by atoms with E-state index in [9.17, 15) is 23.4 Å². The number of halogens is 1. The van der Waals surface area contributed by atoms with Crippen LogP contribution in [-0.2, 0) is 21.0 Å². The van der Waals surface area contributed by atoms with Gasteiger partial charge < -0.3 is 15.5 Å². The highest BCUT2D eigenvalue weighted by molar-refractivity contribution is 9.10. The lowest BCUT2D eigenvalue weighted by Gasteiger charge is -2.19. The monoisotopic (exact) mass is 567 g/mol. The molecule has 1 fully saturated rings. The van der Waals surface area contributed by atoms with Crippen LogP contribution in [0.3, 0.4) is 0 Å². The molecule has 3 heterocycles. The van der Waals surface area contributed by atoms with Crippen LogP contribution in [0, 0.1) is 0 Å². The zero-order valence-corrected chi connectivity index (χ0v) is 20.7. The molecule has 0 bridgehead atoms. The molecule has 4 N–H and O–H groups in total. The average molecular weight is 568 g/mol. The fourth-order valence-corrected chi connectivity index (χ4v) is 4.63. The number of aromatic nitrogens is 5. The SMILES string of the molecule is CNS(=O)(=O)O[C@@H]1C[C@@H](Nc2ncncc2C(=O)c2ccn(Cc3cccc(Br)n3)n2)[C@H](O)[C@H]1O. The number of pyridine rings is 1. The van der Waals surface area contributed by atoms with Crippen molar-refractivity contribution in [1.82, 2.24) is 29.5 Å². The Labute approximate surface area is 209 Å². The molecular formula is C20H22BrN7O6S. The van der Waals surface area contributed by atoms with Crippen molar-refractivity contribution in [2.24, 2.45) is 0 Å². The van der Waals surface area contributed by atoms with E-state index in [0.29, 0.717) is 11.1 Å². The van der Waals surface area contributed by atoms with Crippen molar-refractivity contribution in [1.29, 1.82) is 0 Å². The van der Waals surface area contributed by atoms with Crippen LogP contribution in [-0.4, -0.2) is 80.5 Å². The van der Waals surface area contributed by atoms with E-state index in [4.69, 9.17) is 4.18 Å². The van der Waals surface area contributed by atoms with Crippen LogP contribution in [0.2, 0.25) is 0 Å². The molecule has 0 aromatic carbocycles. The summed E-state index contributed by atoms with van der Waals surface area (Å²) in [5.74, 6) is -0.366. The Kier molecular flexibility index (Phi) is 7.53. The smallest absolute Gasteiger partial charge is 0.335 e. The molecule has 1 aliphatic rings. The maximum absolute atomic E-state index is 13.2. The quantitative estimate of drug-likeness (QED) is 0.199. The standard InChI is InChI=1S/C20H22BrN7O6S/c1-22-35(32,33)34-15-7-14(18(30)19(15)31)26-20-12(8-23-10-24-20)17(29)13-5-6-28(27-13)9-11-3-2-4-16(21)25-11/h2-6,8,10,14-15,18-19,22,30-31H,7,9H2,1H3,(H,23,24,26)/t14-,15-,18+,19+/m1/s1. The molecule has 4 atom stereocenters. The van der Waals surface area contributed by atoms with Gasteiger partial charge in [0.25, 0.3) is 0 Å². The summed E-state index contributed by atoms with van der Waals surface area (Å²) < 4.78 is 32.5. The molecule has 0 spiro atoms. The number of nitrogens with zero attached hydrogens (tertiary/aromatic N) is 5. The predicted octanol–water partition coefficient (Wildman–Crippen LogP) is -0.135. The Morgan fingerprint density at radius 3 is 2.83 bits per heavy atom. The second kappa shape index (κ2) is 10.4. The molecule has 0 unspecified atom stereocenters. The summed E-state index contributed by atoms with van der Waals surface area (Å²) in [6.45, 7) is 0.353. The summed E-state index contributed by atoms with van der Waals surface area (Å²) in [4.78, 5) is 25.5.